The largest absolute Gasteiger partial charge is 0.406 e. The van der Waals surface area contributed by atoms with Crippen molar-refractivity contribution in [3.63, 3.8) is 0 Å². The number of anilines is 1. The van der Waals surface area contributed by atoms with Gasteiger partial charge in [-0.1, -0.05) is 12.0 Å². The summed E-state index contributed by atoms with van der Waals surface area (Å²) >= 11 is 0. The van der Waals surface area contributed by atoms with Crippen molar-refractivity contribution in [2.24, 2.45) is 5.73 Å². The van der Waals surface area contributed by atoms with Gasteiger partial charge in [-0.2, -0.15) is 0 Å². The first-order chi connectivity index (χ1) is 7.17. The summed E-state index contributed by atoms with van der Waals surface area (Å²) in [7, 11) is 1.66. The maximum Gasteiger partial charge on any atom is 0.315 e. The third kappa shape index (κ3) is 3.49. The third-order valence-electron chi connectivity index (χ3n) is 2.02. The minimum atomic E-state index is -0.240. The summed E-state index contributed by atoms with van der Waals surface area (Å²) in [5.74, 6) is 0.435. The molecule has 0 aliphatic rings. The van der Waals surface area contributed by atoms with Crippen LogP contribution in [0.25, 0.3) is 0 Å². The van der Waals surface area contributed by atoms with Crippen LogP contribution in [0.3, 0.4) is 0 Å². The van der Waals surface area contributed by atoms with Crippen LogP contribution in [0.5, 0.6) is 0 Å². The van der Waals surface area contributed by atoms with Crippen LogP contribution in [0.15, 0.2) is 4.42 Å². The van der Waals surface area contributed by atoms with E-state index in [1.54, 1.807) is 14.0 Å². The standard InChI is InChI=1S/C9H18N4O2/c1-4-7(5-14-3)11-9-13-12-8(15-9)6(2)10/h6-7H,4-5,10H2,1-3H3,(H,11,13). The van der Waals surface area contributed by atoms with Crippen LogP contribution in [0.1, 0.15) is 32.2 Å². The van der Waals surface area contributed by atoms with E-state index in [9.17, 15) is 0 Å². The topological polar surface area (TPSA) is 86.2 Å². The summed E-state index contributed by atoms with van der Waals surface area (Å²) < 4.78 is 10.4. The lowest BCUT2D eigenvalue weighted by Crippen LogP contribution is -2.24. The molecule has 15 heavy (non-hydrogen) atoms. The van der Waals surface area contributed by atoms with Gasteiger partial charge in [0.1, 0.15) is 0 Å². The van der Waals surface area contributed by atoms with E-state index in [4.69, 9.17) is 14.9 Å². The number of hydrogen-bond donors (Lipinski definition) is 2. The fourth-order valence-corrected chi connectivity index (χ4v) is 1.11. The number of nitrogens with one attached hydrogen (secondary N) is 1. The lowest BCUT2D eigenvalue weighted by atomic mass is 10.2. The molecule has 0 aliphatic carbocycles. The van der Waals surface area contributed by atoms with Gasteiger partial charge >= 0.3 is 6.01 Å². The van der Waals surface area contributed by atoms with Gasteiger partial charge in [0.15, 0.2) is 0 Å². The Morgan fingerprint density at radius 3 is 2.73 bits per heavy atom. The summed E-state index contributed by atoms with van der Waals surface area (Å²) in [6.07, 6.45) is 0.920. The summed E-state index contributed by atoms with van der Waals surface area (Å²) in [6, 6.07) is 0.332. The Hall–Kier alpha value is -1.14. The Labute approximate surface area is 89.2 Å². The number of rotatable bonds is 6. The minimum Gasteiger partial charge on any atom is -0.406 e. The highest BCUT2D eigenvalue weighted by molar-refractivity contribution is 5.19. The highest BCUT2D eigenvalue weighted by atomic mass is 16.5. The zero-order valence-corrected chi connectivity index (χ0v) is 9.36. The fourth-order valence-electron chi connectivity index (χ4n) is 1.11. The van der Waals surface area contributed by atoms with Crippen molar-refractivity contribution in [1.82, 2.24) is 10.2 Å². The highest BCUT2D eigenvalue weighted by Gasteiger charge is 2.12. The van der Waals surface area contributed by atoms with E-state index in [1.807, 2.05) is 0 Å². The molecule has 0 bridgehead atoms. The molecule has 0 saturated heterocycles. The van der Waals surface area contributed by atoms with Crippen LogP contribution >= 0.6 is 0 Å². The van der Waals surface area contributed by atoms with Crippen LogP contribution < -0.4 is 11.1 Å². The Morgan fingerprint density at radius 1 is 1.53 bits per heavy atom. The molecule has 0 saturated carbocycles. The Bertz CT molecular complexity index is 287. The van der Waals surface area contributed by atoms with Crippen LogP contribution in [-0.2, 0) is 4.74 Å². The summed E-state index contributed by atoms with van der Waals surface area (Å²) in [5.41, 5.74) is 5.60. The smallest absolute Gasteiger partial charge is 0.315 e. The molecule has 86 valence electrons. The average Bonchev–Trinajstić information content (AvgIpc) is 2.65. The van der Waals surface area contributed by atoms with E-state index < -0.39 is 0 Å². The maximum atomic E-state index is 5.60. The summed E-state index contributed by atoms with van der Waals surface area (Å²) in [6.45, 7) is 4.45. The third-order valence-corrected chi connectivity index (χ3v) is 2.02. The molecule has 6 heteroatoms. The van der Waals surface area contributed by atoms with Crippen LogP contribution in [0.2, 0.25) is 0 Å². The molecule has 6 nitrogen and oxygen atoms in total. The Kier molecular flexibility index (Phi) is 4.51. The monoisotopic (exact) mass is 214 g/mol. The molecule has 0 radical (unpaired) electrons. The zero-order valence-electron chi connectivity index (χ0n) is 9.36. The molecular weight excluding hydrogens is 196 g/mol. The van der Waals surface area contributed by atoms with Crippen molar-refractivity contribution in [1.29, 1.82) is 0 Å². The fraction of sp³-hybridized carbons (Fsp3) is 0.778. The molecule has 0 aromatic carbocycles. The molecule has 1 rings (SSSR count). The molecule has 2 atom stereocenters. The normalized spacial score (nSPS) is 14.9. The van der Waals surface area contributed by atoms with Gasteiger partial charge in [0, 0.05) is 7.11 Å². The average molecular weight is 214 g/mol. The second-order valence-electron chi connectivity index (χ2n) is 3.44. The van der Waals surface area contributed by atoms with Crippen molar-refractivity contribution < 1.29 is 9.15 Å². The predicted molar refractivity (Wildman–Crippen MR) is 56.5 cm³/mol. The first kappa shape index (κ1) is 11.9. The molecule has 2 unspecified atom stereocenters. The van der Waals surface area contributed by atoms with Crippen molar-refractivity contribution in [3.05, 3.63) is 5.89 Å². The van der Waals surface area contributed by atoms with Gasteiger partial charge in [-0.15, -0.1) is 5.10 Å². The van der Waals surface area contributed by atoms with E-state index in [0.29, 0.717) is 18.5 Å². The number of methoxy groups -OCH3 is 1. The molecular formula is C9H18N4O2. The Morgan fingerprint density at radius 2 is 2.27 bits per heavy atom. The number of nitrogens with two attached hydrogens (primary N) is 1. The van der Waals surface area contributed by atoms with Gasteiger partial charge in [-0.05, 0) is 13.3 Å². The van der Waals surface area contributed by atoms with Crippen molar-refractivity contribution in [2.75, 3.05) is 19.0 Å². The molecule has 0 amide bonds. The number of ether oxygens (including phenoxy) is 1. The van der Waals surface area contributed by atoms with E-state index in [-0.39, 0.29) is 12.1 Å². The van der Waals surface area contributed by atoms with Gasteiger partial charge in [0.2, 0.25) is 5.89 Å². The molecule has 1 aromatic heterocycles. The molecule has 1 heterocycles. The van der Waals surface area contributed by atoms with Crippen LogP contribution in [-0.4, -0.2) is 30.0 Å². The van der Waals surface area contributed by atoms with E-state index in [0.717, 1.165) is 6.42 Å². The quantitative estimate of drug-likeness (QED) is 0.732. The van der Waals surface area contributed by atoms with E-state index in [2.05, 4.69) is 22.4 Å². The highest BCUT2D eigenvalue weighted by Crippen LogP contribution is 2.12. The lowest BCUT2D eigenvalue weighted by molar-refractivity contribution is 0.183. The number of nitrogens with zero attached hydrogens (tertiary/aromatic N) is 2. The summed E-state index contributed by atoms with van der Waals surface area (Å²) in [4.78, 5) is 0. The van der Waals surface area contributed by atoms with E-state index >= 15 is 0 Å². The van der Waals surface area contributed by atoms with Crippen LogP contribution in [0, 0.1) is 0 Å². The molecule has 0 aliphatic heterocycles. The zero-order chi connectivity index (χ0) is 11.3. The van der Waals surface area contributed by atoms with Crippen molar-refractivity contribution >= 4 is 6.01 Å². The van der Waals surface area contributed by atoms with Gasteiger partial charge in [-0.3, -0.25) is 0 Å². The van der Waals surface area contributed by atoms with Crippen molar-refractivity contribution in [2.45, 2.75) is 32.4 Å². The van der Waals surface area contributed by atoms with Crippen molar-refractivity contribution in [3.8, 4) is 0 Å². The number of aromatic nitrogens is 2. The molecule has 0 fully saturated rings. The van der Waals surface area contributed by atoms with Crippen LogP contribution in [0.4, 0.5) is 6.01 Å². The molecule has 3 N–H and O–H groups in total. The minimum absolute atomic E-state index is 0.177. The maximum absolute atomic E-state index is 5.60. The first-order valence-corrected chi connectivity index (χ1v) is 5.01. The second kappa shape index (κ2) is 5.67. The molecule has 0 spiro atoms. The SMILES string of the molecule is CCC(COC)Nc1nnc(C(C)N)o1. The number of hydrogen-bond acceptors (Lipinski definition) is 6. The molecule has 1 aromatic rings. The van der Waals surface area contributed by atoms with Gasteiger partial charge in [0.25, 0.3) is 0 Å². The van der Waals surface area contributed by atoms with Gasteiger partial charge in [0.05, 0.1) is 18.7 Å². The Balaban J connectivity index is 2.55. The van der Waals surface area contributed by atoms with Gasteiger partial charge < -0.3 is 20.2 Å². The van der Waals surface area contributed by atoms with Gasteiger partial charge in [-0.25, -0.2) is 0 Å². The summed E-state index contributed by atoms with van der Waals surface area (Å²) in [5, 5.41) is 10.7. The second-order valence-corrected chi connectivity index (χ2v) is 3.44. The first-order valence-electron chi connectivity index (χ1n) is 5.01. The van der Waals surface area contributed by atoms with E-state index in [1.165, 1.54) is 0 Å². The predicted octanol–water partition coefficient (Wildman–Crippen LogP) is 0.926. The lowest BCUT2D eigenvalue weighted by Gasteiger charge is -2.13.